The van der Waals surface area contributed by atoms with Crippen LogP contribution < -0.4 is 5.32 Å². The van der Waals surface area contributed by atoms with E-state index in [1.807, 2.05) is 74.0 Å². The number of halogens is 1. The summed E-state index contributed by atoms with van der Waals surface area (Å²) in [6, 6.07) is 19.2. The van der Waals surface area contributed by atoms with Crippen molar-refractivity contribution in [3.8, 4) is 11.4 Å². The fourth-order valence-corrected chi connectivity index (χ4v) is 3.17. The van der Waals surface area contributed by atoms with E-state index in [0.717, 1.165) is 28.3 Å². The van der Waals surface area contributed by atoms with Crippen LogP contribution in [-0.4, -0.2) is 25.5 Å². The van der Waals surface area contributed by atoms with Gasteiger partial charge in [0.25, 0.3) is 5.91 Å². The minimum Gasteiger partial charge on any atom is -0.306 e. The van der Waals surface area contributed by atoms with Gasteiger partial charge in [-0.1, -0.05) is 18.2 Å². The normalized spacial score (nSPS) is 10.4. The molecule has 6 nitrogen and oxygen atoms in total. The zero-order chi connectivity index (χ0) is 19.7. The Kier molecular flexibility index (Phi) is 5.84. The van der Waals surface area contributed by atoms with Gasteiger partial charge in [-0.05, 0) is 63.2 Å². The van der Waals surface area contributed by atoms with Crippen molar-refractivity contribution in [2.75, 3.05) is 5.32 Å². The molecule has 148 valence electrons. The highest BCUT2D eigenvalue weighted by Gasteiger charge is 2.14. The SMILES string of the molecule is Cc1cc(C)n(-c2ccc(C(=O)Nc3c(C)cnn3-c3ccccc3)cc2)n1.Cl. The molecule has 2 aromatic carbocycles. The number of aryl methyl sites for hydroxylation is 3. The van der Waals surface area contributed by atoms with Crippen molar-refractivity contribution in [1.29, 1.82) is 0 Å². The molecule has 4 rings (SSSR count). The van der Waals surface area contributed by atoms with Gasteiger partial charge in [0, 0.05) is 16.8 Å². The maximum absolute atomic E-state index is 12.8. The molecule has 2 heterocycles. The van der Waals surface area contributed by atoms with E-state index >= 15 is 0 Å². The number of carbonyl (C=O) groups is 1. The highest BCUT2D eigenvalue weighted by Crippen LogP contribution is 2.20. The molecular weight excluding hydrogens is 386 g/mol. The number of aromatic nitrogens is 4. The van der Waals surface area contributed by atoms with Crippen LogP contribution in [-0.2, 0) is 0 Å². The third kappa shape index (κ3) is 4.07. The third-order valence-electron chi connectivity index (χ3n) is 4.57. The predicted octanol–water partition coefficient (Wildman–Crippen LogP) is 4.66. The standard InChI is InChI=1S/C22H21N5O.ClH/c1-15-14-23-27(19-7-5-4-6-8-19)21(15)24-22(28)18-9-11-20(12-10-18)26-17(3)13-16(2)25-26;/h4-14H,1-3H3,(H,24,28);1H. The number of nitrogens with one attached hydrogen (secondary N) is 1. The number of amides is 1. The zero-order valence-corrected chi connectivity index (χ0v) is 17.3. The summed E-state index contributed by atoms with van der Waals surface area (Å²) in [5, 5.41) is 11.9. The molecule has 0 saturated carbocycles. The first-order chi connectivity index (χ1) is 13.5. The lowest BCUT2D eigenvalue weighted by Crippen LogP contribution is -2.16. The lowest BCUT2D eigenvalue weighted by Gasteiger charge is -2.11. The van der Waals surface area contributed by atoms with E-state index in [2.05, 4.69) is 15.5 Å². The molecule has 0 aliphatic rings. The van der Waals surface area contributed by atoms with Crippen LogP contribution in [0.2, 0.25) is 0 Å². The van der Waals surface area contributed by atoms with Crippen molar-refractivity contribution in [2.24, 2.45) is 0 Å². The van der Waals surface area contributed by atoms with Crippen molar-refractivity contribution in [3.63, 3.8) is 0 Å². The Hall–Kier alpha value is -3.38. The average Bonchev–Trinajstić information content (AvgIpc) is 3.24. The maximum atomic E-state index is 12.8. The molecule has 4 aromatic rings. The Morgan fingerprint density at radius 3 is 2.17 bits per heavy atom. The van der Waals surface area contributed by atoms with Crippen LogP contribution in [0.15, 0.2) is 66.9 Å². The summed E-state index contributed by atoms with van der Waals surface area (Å²) in [5.41, 5.74) is 5.31. The largest absolute Gasteiger partial charge is 0.306 e. The van der Waals surface area contributed by atoms with Crippen LogP contribution in [0.1, 0.15) is 27.3 Å². The molecule has 0 atom stereocenters. The van der Waals surface area contributed by atoms with Gasteiger partial charge < -0.3 is 5.32 Å². The summed E-state index contributed by atoms with van der Waals surface area (Å²) in [5.74, 6) is 0.486. The summed E-state index contributed by atoms with van der Waals surface area (Å²) in [4.78, 5) is 12.8. The second-order valence-corrected chi connectivity index (χ2v) is 6.76. The first-order valence-corrected chi connectivity index (χ1v) is 9.08. The molecule has 0 unspecified atom stereocenters. The molecule has 0 aliphatic heterocycles. The van der Waals surface area contributed by atoms with Crippen molar-refractivity contribution < 1.29 is 4.79 Å². The van der Waals surface area contributed by atoms with Gasteiger partial charge in [0.2, 0.25) is 0 Å². The second-order valence-electron chi connectivity index (χ2n) is 6.76. The van der Waals surface area contributed by atoms with Gasteiger partial charge in [-0.15, -0.1) is 12.4 Å². The Morgan fingerprint density at radius 2 is 1.55 bits per heavy atom. The lowest BCUT2D eigenvalue weighted by atomic mass is 10.2. The monoisotopic (exact) mass is 407 g/mol. The Morgan fingerprint density at radius 1 is 0.897 bits per heavy atom. The number of anilines is 1. The van der Waals surface area contributed by atoms with Gasteiger partial charge in [-0.2, -0.15) is 10.2 Å². The van der Waals surface area contributed by atoms with Gasteiger partial charge in [0.1, 0.15) is 5.82 Å². The molecular formula is C22H22ClN5O. The summed E-state index contributed by atoms with van der Waals surface area (Å²) >= 11 is 0. The molecule has 0 fully saturated rings. The summed E-state index contributed by atoms with van der Waals surface area (Å²) < 4.78 is 3.60. The molecule has 0 saturated heterocycles. The summed E-state index contributed by atoms with van der Waals surface area (Å²) in [6.45, 7) is 5.89. The number of hydrogen-bond acceptors (Lipinski definition) is 3. The number of carbonyl (C=O) groups excluding carboxylic acids is 1. The van der Waals surface area contributed by atoms with E-state index in [-0.39, 0.29) is 18.3 Å². The highest BCUT2D eigenvalue weighted by molar-refractivity contribution is 6.04. The summed E-state index contributed by atoms with van der Waals surface area (Å²) in [6.07, 6.45) is 1.74. The van der Waals surface area contributed by atoms with Crippen LogP contribution in [0.3, 0.4) is 0 Å². The van der Waals surface area contributed by atoms with Crippen molar-refractivity contribution in [2.45, 2.75) is 20.8 Å². The molecule has 0 aliphatic carbocycles. The van der Waals surface area contributed by atoms with E-state index < -0.39 is 0 Å². The number of benzene rings is 2. The van der Waals surface area contributed by atoms with E-state index in [9.17, 15) is 4.79 Å². The molecule has 2 aromatic heterocycles. The fourth-order valence-electron chi connectivity index (χ4n) is 3.17. The number of hydrogen-bond donors (Lipinski definition) is 1. The number of para-hydroxylation sites is 1. The summed E-state index contributed by atoms with van der Waals surface area (Å²) in [7, 11) is 0. The van der Waals surface area contributed by atoms with Crippen molar-refractivity contribution >= 4 is 24.1 Å². The molecule has 0 radical (unpaired) electrons. The Balaban J connectivity index is 0.00000240. The van der Waals surface area contributed by atoms with Crippen LogP contribution in [0.4, 0.5) is 5.82 Å². The molecule has 0 bridgehead atoms. The first kappa shape index (κ1) is 20.4. The van der Waals surface area contributed by atoms with Gasteiger partial charge in [-0.25, -0.2) is 9.36 Å². The Bertz CT molecular complexity index is 1130. The quantitative estimate of drug-likeness (QED) is 0.535. The van der Waals surface area contributed by atoms with Crippen LogP contribution in [0.25, 0.3) is 11.4 Å². The van der Waals surface area contributed by atoms with Crippen LogP contribution >= 0.6 is 12.4 Å². The molecule has 29 heavy (non-hydrogen) atoms. The maximum Gasteiger partial charge on any atom is 0.256 e. The molecule has 7 heteroatoms. The predicted molar refractivity (Wildman–Crippen MR) is 117 cm³/mol. The fraction of sp³-hybridized carbons (Fsp3) is 0.136. The highest BCUT2D eigenvalue weighted by atomic mass is 35.5. The number of nitrogens with zero attached hydrogens (tertiary/aromatic N) is 4. The topological polar surface area (TPSA) is 64.7 Å². The van der Waals surface area contributed by atoms with Gasteiger partial charge in [-0.3, -0.25) is 4.79 Å². The smallest absolute Gasteiger partial charge is 0.256 e. The van der Waals surface area contributed by atoms with Gasteiger partial charge in [0.05, 0.1) is 23.3 Å². The zero-order valence-electron chi connectivity index (χ0n) is 16.5. The van der Waals surface area contributed by atoms with E-state index in [1.54, 1.807) is 23.0 Å². The third-order valence-corrected chi connectivity index (χ3v) is 4.57. The molecule has 0 spiro atoms. The molecule has 1 amide bonds. The van der Waals surface area contributed by atoms with Crippen molar-refractivity contribution in [1.82, 2.24) is 19.6 Å². The Labute approximate surface area is 175 Å². The van der Waals surface area contributed by atoms with Crippen LogP contribution in [0.5, 0.6) is 0 Å². The minimum absolute atomic E-state index is 0. The van der Waals surface area contributed by atoms with E-state index in [0.29, 0.717) is 11.4 Å². The molecule has 1 N–H and O–H groups in total. The van der Waals surface area contributed by atoms with Gasteiger partial charge in [0.15, 0.2) is 0 Å². The number of rotatable bonds is 4. The van der Waals surface area contributed by atoms with Crippen molar-refractivity contribution in [3.05, 3.63) is 89.4 Å². The van der Waals surface area contributed by atoms with Crippen LogP contribution in [0, 0.1) is 20.8 Å². The minimum atomic E-state index is -0.180. The van der Waals surface area contributed by atoms with E-state index in [1.165, 1.54) is 0 Å². The average molecular weight is 408 g/mol. The first-order valence-electron chi connectivity index (χ1n) is 9.08. The van der Waals surface area contributed by atoms with Gasteiger partial charge >= 0.3 is 0 Å². The lowest BCUT2D eigenvalue weighted by molar-refractivity contribution is 0.102. The van der Waals surface area contributed by atoms with E-state index in [4.69, 9.17) is 0 Å². The second kappa shape index (κ2) is 8.32.